The average Bonchev–Trinajstić information content (AvgIpc) is 2.49. The van der Waals surface area contributed by atoms with Gasteiger partial charge in [0.05, 0.1) is 0 Å². The summed E-state index contributed by atoms with van der Waals surface area (Å²) in [5.41, 5.74) is -0.569. The van der Waals surface area contributed by atoms with Crippen LogP contribution in [0.1, 0.15) is 78.6 Å². The highest BCUT2D eigenvalue weighted by Crippen LogP contribution is 2.18. The highest BCUT2D eigenvalue weighted by Gasteiger charge is 2.26. The van der Waals surface area contributed by atoms with Gasteiger partial charge in [0.1, 0.15) is 11.6 Å². The first-order chi connectivity index (χ1) is 11.3. The molecule has 0 aromatic heterocycles. The molecule has 1 atom stereocenters. The van der Waals surface area contributed by atoms with Crippen LogP contribution in [0.5, 0.6) is 0 Å². The van der Waals surface area contributed by atoms with Crippen molar-refractivity contribution in [2.45, 2.75) is 96.2 Å². The van der Waals surface area contributed by atoms with Gasteiger partial charge in [-0.15, -0.1) is 0 Å². The molecule has 1 rings (SSSR count). The molecule has 0 radical (unpaired) electrons. The molecule has 0 unspecified atom stereocenters. The number of unbranched alkanes of at least 4 members (excludes halogenated alkanes) is 2. The summed E-state index contributed by atoms with van der Waals surface area (Å²) in [6.45, 7) is 5.45. The van der Waals surface area contributed by atoms with Crippen molar-refractivity contribution in [3.8, 4) is 0 Å². The Morgan fingerprint density at radius 1 is 1.12 bits per heavy atom. The molecule has 0 aromatic rings. The second-order valence-electron chi connectivity index (χ2n) is 7.62. The normalized spacial score (nSPS) is 17.2. The van der Waals surface area contributed by atoms with Gasteiger partial charge in [-0.3, -0.25) is 4.79 Å². The molecule has 24 heavy (non-hydrogen) atoms. The van der Waals surface area contributed by atoms with Gasteiger partial charge in [-0.25, -0.2) is 4.79 Å². The zero-order valence-corrected chi connectivity index (χ0v) is 16.3. The second-order valence-corrected chi connectivity index (χ2v) is 8.06. The first kappa shape index (κ1) is 21.1. The summed E-state index contributed by atoms with van der Waals surface area (Å²) in [6.07, 6.45) is 8.66. The van der Waals surface area contributed by atoms with Crippen LogP contribution in [0.3, 0.4) is 0 Å². The van der Waals surface area contributed by atoms with E-state index in [1.807, 2.05) is 20.8 Å². The van der Waals surface area contributed by atoms with E-state index in [4.69, 9.17) is 4.74 Å². The third-order valence-corrected chi connectivity index (χ3v) is 4.43. The van der Waals surface area contributed by atoms with Crippen LogP contribution in [0.2, 0.25) is 0 Å². The van der Waals surface area contributed by atoms with Crippen molar-refractivity contribution in [3.63, 3.8) is 0 Å². The first-order valence-corrected chi connectivity index (χ1v) is 9.86. The molecular formula is C18H34N2O3S. The highest BCUT2D eigenvalue weighted by atomic mass is 32.1. The summed E-state index contributed by atoms with van der Waals surface area (Å²) in [7, 11) is 0. The molecule has 5 nitrogen and oxygen atoms in total. The van der Waals surface area contributed by atoms with Crippen LogP contribution in [-0.4, -0.2) is 35.4 Å². The number of carbonyl (C=O) groups is 2. The number of nitrogens with one attached hydrogen (secondary N) is 2. The Balaban J connectivity index is 2.54. The number of rotatable bonds is 8. The van der Waals surface area contributed by atoms with Crippen LogP contribution in [0.15, 0.2) is 0 Å². The third-order valence-electron chi connectivity index (χ3n) is 4.11. The van der Waals surface area contributed by atoms with Gasteiger partial charge in [0, 0.05) is 6.04 Å². The van der Waals surface area contributed by atoms with Crippen molar-refractivity contribution < 1.29 is 14.3 Å². The molecule has 6 heteroatoms. The molecule has 0 aromatic carbocycles. The minimum atomic E-state index is -0.569. The standard InChI is InChI=1S/C18H34N2O3S/c1-18(2,3)23-17(22)20-15(12-8-5-9-13-24)16(21)19-14-10-6-4-7-11-14/h14-15,24H,4-13H2,1-3H3,(H,19,21)(H,20,22)/t15-/m0/s1. The lowest BCUT2D eigenvalue weighted by Crippen LogP contribution is -2.50. The minimum absolute atomic E-state index is 0.0846. The Morgan fingerprint density at radius 2 is 1.79 bits per heavy atom. The summed E-state index contributed by atoms with van der Waals surface area (Å²) in [6, 6.07) is -0.284. The predicted molar refractivity (Wildman–Crippen MR) is 100 cm³/mol. The topological polar surface area (TPSA) is 67.4 Å². The van der Waals surface area contributed by atoms with E-state index in [9.17, 15) is 9.59 Å². The van der Waals surface area contributed by atoms with E-state index in [2.05, 4.69) is 23.3 Å². The summed E-state index contributed by atoms with van der Waals surface area (Å²) in [5, 5.41) is 5.85. The number of ether oxygens (including phenoxy) is 1. The van der Waals surface area contributed by atoms with E-state index < -0.39 is 17.7 Å². The predicted octanol–water partition coefficient (Wildman–Crippen LogP) is 3.82. The van der Waals surface area contributed by atoms with Crippen LogP contribution in [-0.2, 0) is 9.53 Å². The molecule has 1 aliphatic rings. The Hall–Kier alpha value is -0.910. The fraction of sp³-hybridized carbons (Fsp3) is 0.889. The van der Waals surface area contributed by atoms with Crippen LogP contribution < -0.4 is 10.6 Å². The largest absolute Gasteiger partial charge is 0.444 e. The molecule has 1 saturated carbocycles. The van der Waals surface area contributed by atoms with E-state index >= 15 is 0 Å². The minimum Gasteiger partial charge on any atom is -0.444 e. The third kappa shape index (κ3) is 9.40. The fourth-order valence-electron chi connectivity index (χ4n) is 2.90. The van der Waals surface area contributed by atoms with E-state index in [0.29, 0.717) is 6.42 Å². The summed E-state index contributed by atoms with van der Waals surface area (Å²) in [5.74, 6) is 0.761. The monoisotopic (exact) mass is 358 g/mol. The maximum atomic E-state index is 12.6. The maximum Gasteiger partial charge on any atom is 0.408 e. The van der Waals surface area contributed by atoms with Crippen molar-refractivity contribution in [2.24, 2.45) is 0 Å². The SMILES string of the molecule is CC(C)(C)OC(=O)N[C@@H](CCCCCS)C(=O)NC1CCCCC1. The molecule has 2 N–H and O–H groups in total. The molecule has 1 aliphatic carbocycles. The lowest BCUT2D eigenvalue weighted by Gasteiger charge is -2.27. The Labute approximate surface area is 152 Å². The van der Waals surface area contributed by atoms with Crippen molar-refractivity contribution in [3.05, 3.63) is 0 Å². The van der Waals surface area contributed by atoms with Gasteiger partial charge in [0.2, 0.25) is 5.91 Å². The number of carbonyl (C=O) groups excluding carboxylic acids is 2. The van der Waals surface area contributed by atoms with E-state index in [-0.39, 0.29) is 11.9 Å². The molecular weight excluding hydrogens is 324 g/mol. The molecule has 0 saturated heterocycles. The van der Waals surface area contributed by atoms with Crippen molar-refractivity contribution >= 4 is 24.6 Å². The molecule has 1 fully saturated rings. The van der Waals surface area contributed by atoms with Crippen molar-refractivity contribution in [2.75, 3.05) is 5.75 Å². The first-order valence-electron chi connectivity index (χ1n) is 9.22. The quantitative estimate of drug-likeness (QED) is 0.456. The van der Waals surface area contributed by atoms with Gasteiger partial charge in [0.25, 0.3) is 0 Å². The van der Waals surface area contributed by atoms with Crippen LogP contribution in [0.4, 0.5) is 4.79 Å². The number of alkyl carbamates (subject to hydrolysis) is 1. The van der Waals surface area contributed by atoms with Gasteiger partial charge in [-0.2, -0.15) is 12.6 Å². The molecule has 0 spiro atoms. The van der Waals surface area contributed by atoms with Gasteiger partial charge < -0.3 is 15.4 Å². The number of thiol groups is 1. The van der Waals surface area contributed by atoms with E-state index in [1.54, 1.807) is 0 Å². The van der Waals surface area contributed by atoms with Crippen molar-refractivity contribution in [1.29, 1.82) is 0 Å². The lowest BCUT2D eigenvalue weighted by atomic mass is 9.95. The molecule has 140 valence electrons. The smallest absolute Gasteiger partial charge is 0.408 e. The molecule has 0 bridgehead atoms. The number of hydrogen-bond acceptors (Lipinski definition) is 4. The summed E-state index contributed by atoms with van der Waals surface area (Å²) < 4.78 is 5.29. The summed E-state index contributed by atoms with van der Waals surface area (Å²) >= 11 is 4.21. The Kier molecular flexibility index (Phi) is 9.56. The van der Waals surface area contributed by atoms with Crippen LogP contribution in [0, 0.1) is 0 Å². The average molecular weight is 359 g/mol. The zero-order valence-electron chi connectivity index (χ0n) is 15.4. The summed E-state index contributed by atoms with van der Waals surface area (Å²) in [4.78, 5) is 24.6. The molecule has 0 aliphatic heterocycles. The number of amides is 2. The maximum absolute atomic E-state index is 12.6. The fourth-order valence-corrected chi connectivity index (χ4v) is 3.13. The molecule has 0 heterocycles. The van der Waals surface area contributed by atoms with E-state index in [0.717, 1.165) is 50.7 Å². The highest BCUT2D eigenvalue weighted by molar-refractivity contribution is 7.80. The number of hydrogen-bond donors (Lipinski definition) is 3. The Bertz CT molecular complexity index is 390. The van der Waals surface area contributed by atoms with E-state index in [1.165, 1.54) is 6.42 Å². The van der Waals surface area contributed by atoms with Crippen LogP contribution >= 0.6 is 12.6 Å². The zero-order chi connectivity index (χ0) is 18.0. The lowest BCUT2D eigenvalue weighted by molar-refractivity contribution is -0.124. The van der Waals surface area contributed by atoms with Crippen LogP contribution in [0.25, 0.3) is 0 Å². The van der Waals surface area contributed by atoms with Gasteiger partial charge in [-0.1, -0.05) is 32.1 Å². The van der Waals surface area contributed by atoms with Gasteiger partial charge in [0.15, 0.2) is 0 Å². The Morgan fingerprint density at radius 3 is 2.38 bits per heavy atom. The van der Waals surface area contributed by atoms with Gasteiger partial charge >= 0.3 is 6.09 Å². The van der Waals surface area contributed by atoms with Crippen molar-refractivity contribution in [1.82, 2.24) is 10.6 Å². The van der Waals surface area contributed by atoms with Gasteiger partial charge in [-0.05, 0) is 52.2 Å². The molecule has 2 amide bonds. The second kappa shape index (κ2) is 10.9.